The molecule has 1 atom stereocenters. The first-order valence-corrected chi connectivity index (χ1v) is 6.78. The van der Waals surface area contributed by atoms with Crippen molar-refractivity contribution in [3.8, 4) is 6.07 Å². The second-order valence-electron chi connectivity index (χ2n) is 3.63. The van der Waals surface area contributed by atoms with E-state index in [4.69, 9.17) is 0 Å². The number of anilines is 1. The van der Waals surface area contributed by atoms with Crippen LogP contribution in [0, 0.1) is 18.3 Å². The Hall–Kier alpha value is -1.31. The molecule has 2 rings (SSSR count). The highest BCUT2D eigenvalue weighted by molar-refractivity contribution is 9.10. The van der Waals surface area contributed by atoms with Crippen molar-refractivity contribution < 1.29 is 0 Å². The Bertz CT molecular complexity index is 557. The SMILES string of the molecule is Cc1ccc(C(C#N)Nc2ccccc2Br)s1. The number of nitrogens with zero attached hydrogens (tertiary/aromatic N) is 1. The average Bonchev–Trinajstić information content (AvgIpc) is 2.75. The van der Waals surface area contributed by atoms with Crippen LogP contribution in [0.15, 0.2) is 40.9 Å². The predicted octanol–water partition coefficient (Wildman–Crippen LogP) is 4.50. The number of nitrogens with one attached hydrogen (secondary N) is 1. The minimum absolute atomic E-state index is 0.299. The zero-order valence-electron chi connectivity index (χ0n) is 9.27. The lowest BCUT2D eigenvalue weighted by molar-refractivity contribution is 1.03. The summed E-state index contributed by atoms with van der Waals surface area (Å²) in [6, 6.07) is 13.8. The fraction of sp³-hybridized carbons (Fsp3) is 0.154. The fourth-order valence-corrected chi connectivity index (χ4v) is 2.78. The largest absolute Gasteiger partial charge is 0.365 e. The van der Waals surface area contributed by atoms with E-state index < -0.39 is 0 Å². The monoisotopic (exact) mass is 306 g/mol. The van der Waals surface area contributed by atoms with Crippen LogP contribution in [0.2, 0.25) is 0 Å². The van der Waals surface area contributed by atoms with E-state index in [1.165, 1.54) is 4.88 Å². The third-order valence-corrected chi connectivity index (χ3v) is 4.11. The molecule has 0 saturated heterocycles. The molecule has 0 amide bonds. The van der Waals surface area contributed by atoms with Crippen LogP contribution >= 0.6 is 27.3 Å². The number of rotatable bonds is 3. The number of benzene rings is 1. The van der Waals surface area contributed by atoms with Crippen molar-refractivity contribution in [1.29, 1.82) is 5.26 Å². The first kappa shape index (κ1) is 12.2. The molecule has 0 aliphatic rings. The van der Waals surface area contributed by atoms with E-state index in [9.17, 15) is 5.26 Å². The van der Waals surface area contributed by atoms with Crippen LogP contribution in [0.3, 0.4) is 0 Å². The van der Waals surface area contributed by atoms with Crippen LogP contribution in [-0.4, -0.2) is 0 Å². The van der Waals surface area contributed by atoms with Crippen molar-refractivity contribution in [3.05, 3.63) is 50.6 Å². The lowest BCUT2D eigenvalue weighted by Crippen LogP contribution is -2.07. The molecule has 1 aromatic carbocycles. The summed E-state index contributed by atoms with van der Waals surface area (Å²) in [7, 11) is 0. The number of halogens is 1. The first-order valence-electron chi connectivity index (χ1n) is 5.17. The molecule has 0 saturated carbocycles. The number of hydrogen-bond donors (Lipinski definition) is 1. The summed E-state index contributed by atoms with van der Waals surface area (Å²) in [5.74, 6) is 0. The van der Waals surface area contributed by atoms with Gasteiger partial charge in [0.05, 0.1) is 6.07 Å². The smallest absolute Gasteiger partial charge is 0.149 e. The van der Waals surface area contributed by atoms with E-state index >= 15 is 0 Å². The van der Waals surface area contributed by atoms with Gasteiger partial charge in [-0.25, -0.2) is 0 Å². The van der Waals surface area contributed by atoms with E-state index in [0.717, 1.165) is 15.0 Å². The Balaban J connectivity index is 2.22. The van der Waals surface area contributed by atoms with E-state index in [1.807, 2.05) is 43.3 Å². The standard InChI is InChI=1S/C13H11BrN2S/c1-9-6-7-13(17-9)12(8-15)16-11-5-3-2-4-10(11)14/h2-7,12,16H,1H3. The topological polar surface area (TPSA) is 35.8 Å². The Morgan fingerprint density at radius 3 is 2.65 bits per heavy atom. The Labute approximate surface area is 113 Å². The minimum Gasteiger partial charge on any atom is -0.365 e. The molecular formula is C13H11BrN2S. The molecule has 0 spiro atoms. The van der Waals surface area contributed by atoms with Crippen LogP contribution in [0.1, 0.15) is 15.8 Å². The van der Waals surface area contributed by atoms with Crippen LogP contribution in [0.25, 0.3) is 0 Å². The summed E-state index contributed by atoms with van der Waals surface area (Å²) >= 11 is 5.11. The predicted molar refractivity (Wildman–Crippen MR) is 75.2 cm³/mol. The fourth-order valence-electron chi connectivity index (χ4n) is 1.51. The van der Waals surface area contributed by atoms with Crippen LogP contribution < -0.4 is 5.32 Å². The molecule has 0 fully saturated rings. The first-order chi connectivity index (χ1) is 8.20. The minimum atomic E-state index is -0.299. The van der Waals surface area contributed by atoms with E-state index in [-0.39, 0.29) is 6.04 Å². The molecule has 0 bridgehead atoms. The van der Waals surface area contributed by atoms with Crippen molar-refractivity contribution in [2.75, 3.05) is 5.32 Å². The maximum absolute atomic E-state index is 9.22. The summed E-state index contributed by atoms with van der Waals surface area (Å²) in [5.41, 5.74) is 0.935. The van der Waals surface area contributed by atoms with Gasteiger partial charge in [0.2, 0.25) is 0 Å². The second-order valence-corrected chi connectivity index (χ2v) is 5.81. The molecule has 1 aromatic heterocycles. The van der Waals surface area contributed by atoms with Crippen molar-refractivity contribution >= 4 is 33.0 Å². The summed E-state index contributed by atoms with van der Waals surface area (Å²) in [4.78, 5) is 2.26. The third kappa shape index (κ3) is 2.87. The maximum Gasteiger partial charge on any atom is 0.149 e. The van der Waals surface area contributed by atoms with E-state index in [1.54, 1.807) is 11.3 Å². The van der Waals surface area contributed by atoms with Crippen LogP contribution in [-0.2, 0) is 0 Å². The van der Waals surface area contributed by atoms with Gasteiger partial charge in [-0.3, -0.25) is 0 Å². The quantitative estimate of drug-likeness (QED) is 0.906. The number of thiophene rings is 1. The second kappa shape index (κ2) is 5.35. The molecule has 1 heterocycles. The zero-order chi connectivity index (χ0) is 12.3. The van der Waals surface area contributed by atoms with Gasteiger partial charge in [-0.1, -0.05) is 12.1 Å². The van der Waals surface area contributed by atoms with E-state index in [0.29, 0.717) is 0 Å². The van der Waals surface area contributed by atoms with Gasteiger partial charge < -0.3 is 5.32 Å². The number of para-hydroxylation sites is 1. The van der Waals surface area contributed by atoms with Gasteiger partial charge in [0, 0.05) is 19.9 Å². The Morgan fingerprint density at radius 1 is 1.29 bits per heavy atom. The Kier molecular flexibility index (Phi) is 3.82. The van der Waals surface area contributed by atoms with Crippen molar-refractivity contribution in [2.45, 2.75) is 13.0 Å². The average molecular weight is 307 g/mol. The zero-order valence-corrected chi connectivity index (χ0v) is 11.7. The van der Waals surface area contributed by atoms with Gasteiger partial charge in [-0.2, -0.15) is 5.26 Å². The van der Waals surface area contributed by atoms with E-state index in [2.05, 4.69) is 27.3 Å². The molecule has 1 N–H and O–H groups in total. The summed E-state index contributed by atoms with van der Waals surface area (Å²) in [5, 5.41) is 12.4. The van der Waals surface area contributed by atoms with Crippen LogP contribution in [0.4, 0.5) is 5.69 Å². The number of nitriles is 1. The summed E-state index contributed by atoms with van der Waals surface area (Å²) in [6.07, 6.45) is 0. The molecular weight excluding hydrogens is 296 g/mol. The molecule has 86 valence electrons. The highest BCUT2D eigenvalue weighted by Crippen LogP contribution is 2.29. The molecule has 0 aliphatic carbocycles. The highest BCUT2D eigenvalue weighted by atomic mass is 79.9. The van der Waals surface area contributed by atoms with Gasteiger partial charge >= 0.3 is 0 Å². The number of hydrogen-bond acceptors (Lipinski definition) is 3. The third-order valence-electron chi connectivity index (χ3n) is 2.35. The molecule has 0 aliphatic heterocycles. The van der Waals surface area contributed by atoms with Crippen molar-refractivity contribution in [3.63, 3.8) is 0 Å². The van der Waals surface area contributed by atoms with Crippen molar-refractivity contribution in [2.24, 2.45) is 0 Å². The lowest BCUT2D eigenvalue weighted by atomic mass is 10.2. The molecule has 1 unspecified atom stereocenters. The van der Waals surface area contributed by atoms with Gasteiger partial charge in [0.25, 0.3) is 0 Å². The molecule has 2 nitrogen and oxygen atoms in total. The summed E-state index contributed by atoms with van der Waals surface area (Å²) in [6.45, 7) is 2.04. The Morgan fingerprint density at radius 2 is 2.06 bits per heavy atom. The maximum atomic E-state index is 9.22. The van der Waals surface area contributed by atoms with Crippen molar-refractivity contribution in [1.82, 2.24) is 0 Å². The van der Waals surface area contributed by atoms with Gasteiger partial charge in [-0.05, 0) is 47.1 Å². The van der Waals surface area contributed by atoms with Crippen LogP contribution in [0.5, 0.6) is 0 Å². The molecule has 0 radical (unpaired) electrons. The van der Waals surface area contributed by atoms with Gasteiger partial charge in [-0.15, -0.1) is 11.3 Å². The van der Waals surface area contributed by atoms with Gasteiger partial charge in [0.15, 0.2) is 0 Å². The number of aryl methyl sites for hydroxylation is 1. The highest BCUT2D eigenvalue weighted by Gasteiger charge is 2.13. The normalized spacial score (nSPS) is 11.8. The molecule has 4 heteroatoms. The molecule has 2 aromatic rings. The molecule has 17 heavy (non-hydrogen) atoms. The van der Waals surface area contributed by atoms with Gasteiger partial charge in [0.1, 0.15) is 6.04 Å². The summed E-state index contributed by atoms with van der Waals surface area (Å²) < 4.78 is 0.966. The lowest BCUT2D eigenvalue weighted by Gasteiger charge is -2.12.